The van der Waals surface area contributed by atoms with E-state index in [1.54, 1.807) is 5.32 Å². The highest BCUT2D eigenvalue weighted by molar-refractivity contribution is 5.93. The minimum absolute atomic E-state index is 0.175. The van der Waals surface area contributed by atoms with Crippen LogP contribution < -0.4 is 5.32 Å². The Hall–Kier alpha value is -3.15. The summed E-state index contributed by atoms with van der Waals surface area (Å²) >= 11 is 0. The lowest BCUT2D eigenvalue weighted by Crippen LogP contribution is -2.67. The molecule has 0 saturated carbocycles. The second-order valence-corrected chi connectivity index (χ2v) is 6.48. The number of nitrogens with zero attached hydrogens (tertiary/aromatic N) is 1. The molecule has 1 aromatic carbocycles. The van der Waals surface area contributed by atoms with Crippen molar-refractivity contribution in [1.29, 1.82) is 0 Å². The van der Waals surface area contributed by atoms with Gasteiger partial charge in [-0.25, -0.2) is 4.79 Å². The number of non-ortho nitro benzene ring substituents is 1. The van der Waals surface area contributed by atoms with E-state index in [1.165, 1.54) is 19.1 Å². The molecule has 0 aliphatic carbocycles. The second kappa shape index (κ2) is 8.30. The van der Waals surface area contributed by atoms with Gasteiger partial charge in [-0.2, -0.15) is 13.2 Å². The maximum Gasteiger partial charge on any atom is 0.437 e. The highest BCUT2D eigenvalue weighted by Gasteiger charge is 2.67. The molecular weight excluding hydrogens is 413 g/mol. The number of hydrogen-bond acceptors (Lipinski definition) is 8. The third-order valence-corrected chi connectivity index (χ3v) is 4.69. The zero-order valence-electron chi connectivity index (χ0n) is 16.1. The summed E-state index contributed by atoms with van der Waals surface area (Å²) in [5.74, 6) is -6.66. The van der Waals surface area contributed by atoms with Crippen molar-refractivity contribution in [3.8, 4) is 0 Å². The van der Waals surface area contributed by atoms with Crippen molar-refractivity contribution < 1.29 is 42.3 Å². The molecule has 1 aromatic rings. The molecule has 1 aliphatic rings. The Morgan fingerprint density at radius 3 is 2.50 bits per heavy atom. The number of methoxy groups -OCH3 is 1. The predicted molar refractivity (Wildman–Crippen MR) is 94.8 cm³/mol. The van der Waals surface area contributed by atoms with Gasteiger partial charge in [-0.1, -0.05) is 12.1 Å². The monoisotopic (exact) mass is 432 g/mol. The summed E-state index contributed by atoms with van der Waals surface area (Å²) in [7, 11) is 0.983. The fourth-order valence-corrected chi connectivity index (χ4v) is 3.44. The van der Waals surface area contributed by atoms with Crippen molar-refractivity contribution in [2.45, 2.75) is 31.7 Å². The topological polar surface area (TPSA) is 128 Å². The van der Waals surface area contributed by atoms with Crippen LogP contribution in [0.4, 0.5) is 18.9 Å². The van der Waals surface area contributed by atoms with Crippen LogP contribution in [-0.4, -0.2) is 47.6 Å². The Morgan fingerprint density at radius 2 is 2.00 bits per heavy atom. The molecule has 1 heterocycles. The number of carbonyl (C=O) groups excluding carboxylic acids is 2. The van der Waals surface area contributed by atoms with Crippen LogP contribution in [0, 0.1) is 16.0 Å². The molecule has 2 N–H and O–H groups in total. The number of nitro groups is 1. The smallest absolute Gasteiger partial charge is 0.437 e. The highest BCUT2D eigenvalue weighted by Crippen LogP contribution is 2.49. The van der Waals surface area contributed by atoms with Gasteiger partial charge in [0.2, 0.25) is 5.72 Å². The lowest BCUT2D eigenvalue weighted by Gasteiger charge is -2.45. The van der Waals surface area contributed by atoms with Crippen LogP contribution in [0.15, 0.2) is 35.5 Å². The van der Waals surface area contributed by atoms with Gasteiger partial charge >= 0.3 is 18.1 Å². The van der Waals surface area contributed by atoms with Crippen LogP contribution in [0.1, 0.15) is 25.3 Å². The standard InChI is InChI=1S/C18H19F3N2O7/c1-4-30-16(25)14-13(10-6-5-7-11(8-10)23(27)28)12(15(24)29-3)9(2)22-17(14,26)18(19,20)21/h5-8,13-14,22,26H,4H2,1-3H3. The normalized spacial score (nSPS) is 24.1. The van der Waals surface area contributed by atoms with E-state index in [9.17, 15) is 38.0 Å². The van der Waals surface area contributed by atoms with Gasteiger partial charge in [0, 0.05) is 23.7 Å². The number of aliphatic hydroxyl groups is 1. The maximum absolute atomic E-state index is 13.9. The summed E-state index contributed by atoms with van der Waals surface area (Å²) in [5, 5.41) is 23.5. The molecule has 0 bridgehead atoms. The number of carbonyl (C=O) groups is 2. The van der Waals surface area contributed by atoms with E-state index < -0.39 is 57.6 Å². The average molecular weight is 432 g/mol. The Labute approximate surface area is 168 Å². The highest BCUT2D eigenvalue weighted by atomic mass is 19.4. The number of benzene rings is 1. The van der Waals surface area contributed by atoms with Crippen molar-refractivity contribution in [3.63, 3.8) is 0 Å². The number of halogens is 3. The fraction of sp³-hybridized carbons (Fsp3) is 0.444. The molecule has 0 saturated heterocycles. The van der Waals surface area contributed by atoms with Crippen molar-refractivity contribution in [3.05, 3.63) is 51.2 Å². The van der Waals surface area contributed by atoms with Crippen LogP contribution in [0.5, 0.6) is 0 Å². The van der Waals surface area contributed by atoms with Gasteiger partial charge in [-0.3, -0.25) is 14.9 Å². The molecule has 3 unspecified atom stereocenters. The Bertz CT molecular complexity index is 900. The lowest BCUT2D eigenvalue weighted by molar-refractivity contribution is -0.385. The summed E-state index contributed by atoms with van der Waals surface area (Å²) in [5.41, 5.74) is -5.27. The Kier molecular flexibility index (Phi) is 6.40. The van der Waals surface area contributed by atoms with Crippen LogP contribution in [-0.2, 0) is 19.1 Å². The van der Waals surface area contributed by atoms with Gasteiger partial charge in [0.25, 0.3) is 5.69 Å². The number of nitro benzene ring substituents is 1. The zero-order valence-corrected chi connectivity index (χ0v) is 16.1. The Balaban J connectivity index is 2.87. The van der Waals surface area contributed by atoms with Crippen molar-refractivity contribution in [1.82, 2.24) is 5.32 Å². The predicted octanol–water partition coefficient (Wildman–Crippen LogP) is 2.16. The molecule has 0 fully saturated rings. The Morgan fingerprint density at radius 1 is 1.37 bits per heavy atom. The van der Waals surface area contributed by atoms with Gasteiger partial charge in [-0.05, 0) is 19.4 Å². The van der Waals surface area contributed by atoms with E-state index >= 15 is 0 Å². The van der Waals surface area contributed by atoms with Crippen molar-refractivity contribution >= 4 is 17.6 Å². The second-order valence-electron chi connectivity index (χ2n) is 6.48. The number of allylic oxidation sites excluding steroid dienone is 1. The third kappa shape index (κ3) is 3.95. The lowest BCUT2D eigenvalue weighted by atomic mass is 9.71. The van der Waals surface area contributed by atoms with Crippen LogP contribution in [0.3, 0.4) is 0 Å². The maximum atomic E-state index is 13.9. The van der Waals surface area contributed by atoms with Gasteiger partial charge in [0.1, 0.15) is 5.92 Å². The minimum atomic E-state index is -5.37. The summed E-state index contributed by atoms with van der Waals surface area (Å²) in [4.78, 5) is 35.4. The number of ether oxygens (including phenoxy) is 2. The molecule has 164 valence electrons. The molecule has 9 nitrogen and oxygen atoms in total. The molecule has 3 atom stereocenters. The number of esters is 2. The molecule has 12 heteroatoms. The number of nitrogens with one attached hydrogen (secondary N) is 1. The van der Waals surface area contributed by atoms with Gasteiger partial charge in [-0.15, -0.1) is 0 Å². The van der Waals surface area contributed by atoms with Crippen molar-refractivity contribution in [2.24, 2.45) is 5.92 Å². The average Bonchev–Trinajstić information content (AvgIpc) is 2.66. The van der Waals surface area contributed by atoms with Gasteiger partial charge in [0.05, 0.1) is 24.2 Å². The number of alkyl halides is 3. The quantitative estimate of drug-likeness (QED) is 0.412. The molecule has 0 amide bonds. The van der Waals surface area contributed by atoms with Crippen LogP contribution in [0.2, 0.25) is 0 Å². The molecule has 30 heavy (non-hydrogen) atoms. The van der Waals surface area contributed by atoms with E-state index in [0.717, 1.165) is 26.2 Å². The molecule has 2 rings (SSSR count). The van der Waals surface area contributed by atoms with Crippen LogP contribution in [0.25, 0.3) is 0 Å². The summed E-state index contributed by atoms with van der Waals surface area (Å²) < 4.78 is 51.1. The molecule has 0 radical (unpaired) electrons. The molecule has 0 spiro atoms. The largest absolute Gasteiger partial charge is 0.466 e. The summed E-state index contributed by atoms with van der Waals surface area (Å²) in [6.45, 7) is 2.14. The number of rotatable bonds is 5. The first-order chi connectivity index (χ1) is 13.9. The first-order valence-corrected chi connectivity index (χ1v) is 8.66. The van der Waals surface area contributed by atoms with Gasteiger partial charge in [0.15, 0.2) is 0 Å². The van der Waals surface area contributed by atoms with E-state index in [2.05, 4.69) is 4.74 Å². The van der Waals surface area contributed by atoms with Crippen molar-refractivity contribution in [2.75, 3.05) is 13.7 Å². The fourth-order valence-electron chi connectivity index (χ4n) is 3.44. The first kappa shape index (κ1) is 23.1. The SMILES string of the molecule is CCOC(=O)C1C(c2cccc([N+](=O)[O-])c2)C(C(=O)OC)=C(C)NC1(O)C(F)(F)F. The summed E-state index contributed by atoms with van der Waals surface area (Å²) in [6.07, 6.45) is -5.37. The van der Waals surface area contributed by atoms with Gasteiger partial charge < -0.3 is 19.9 Å². The third-order valence-electron chi connectivity index (χ3n) is 4.69. The van der Waals surface area contributed by atoms with Crippen LogP contribution >= 0.6 is 0 Å². The first-order valence-electron chi connectivity index (χ1n) is 8.66. The van der Waals surface area contributed by atoms with E-state index in [0.29, 0.717) is 0 Å². The zero-order chi connectivity index (χ0) is 22.9. The molecule has 1 aliphatic heterocycles. The van der Waals surface area contributed by atoms with E-state index in [1.807, 2.05) is 0 Å². The molecular formula is C18H19F3N2O7. The van der Waals surface area contributed by atoms with E-state index in [-0.39, 0.29) is 12.2 Å². The minimum Gasteiger partial charge on any atom is -0.466 e. The number of hydrogen-bond donors (Lipinski definition) is 2. The summed E-state index contributed by atoms with van der Waals surface area (Å²) in [6, 6.07) is 4.42. The molecule has 0 aromatic heterocycles. The van der Waals surface area contributed by atoms with E-state index in [4.69, 9.17) is 4.74 Å².